The average Bonchev–Trinajstić information content (AvgIpc) is 2.84. The SMILES string of the molecule is CCCCC1(C2CO2)N=CCS1. The van der Waals surface area contributed by atoms with Crippen LogP contribution in [0.25, 0.3) is 0 Å². The summed E-state index contributed by atoms with van der Waals surface area (Å²) in [6.07, 6.45) is 6.18. The van der Waals surface area contributed by atoms with E-state index in [0.717, 1.165) is 12.4 Å². The molecule has 3 heteroatoms. The molecule has 0 saturated carbocycles. The molecule has 2 aliphatic heterocycles. The molecule has 2 atom stereocenters. The standard InChI is InChI=1S/C9H15NOS/c1-2-3-4-9(8-7-11-8)10-5-6-12-9/h5,8H,2-4,6-7H2,1H3. The maximum Gasteiger partial charge on any atom is 0.134 e. The molecule has 2 aliphatic rings. The Labute approximate surface area is 77.8 Å². The number of ether oxygens (including phenoxy) is 1. The Morgan fingerprint density at radius 2 is 2.58 bits per heavy atom. The third-order valence-electron chi connectivity index (χ3n) is 2.44. The Kier molecular flexibility index (Phi) is 2.42. The van der Waals surface area contributed by atoms with Gasteiger partial charge in [-0.1, -0.05) is 19.8 Å². The second-order valence-electron chi connectivity index (χ2n) is 3.39. The Morgan fingerprint density at radius 3 is 3.08 bits per heavy atom. The lowest BCUT2D eigenvalue weighted by atomic mass is 10.1. The van der Waals surface area contributed by atoms with E-state index >= 15 is 0 Å². The molecule has 2 nitrogen and oxygen atoms in total. The molecule has 0 aromatic heterocycles. The first kappa shape index (κ1) is 8.57. The van der Waals surface area contributed by atoms with Crippen molar-refractivity contribution in [3.8, 4) is 0 Å². The number of rotatable bonds is 4. The first-order valence-corrected chi connectivity index (χ1v) is 5.65. The van der Waals surface area contributed by atoms with E-state index in [2.05, 4.69) is 11.9 Å². The summed E-state index contributed by atoms with van der Waals surface area (Å²) in [6.45, 7) is 3.15. The van der Waals surface area contributed by atoms with Gasteiger partial charge in [-0.05, 0) is 6.42 Å². The van der Waals surface area contributed by atoms with Crippen LogP contribution in [0.1, 0.15) is 26.2 Å². The maximum atomic E-state index is 5.36. The van der Waals surface area contributed by atoms with Crippen molar-refractivity contribution < 1.29 is 4.74 Å². The summed E-state index contributed by atoms with van der Waals surface area (Å²) in [6, 6.07) is 0. The summed E-state index contributed by atoms with van der Waals surface area (Å²) in [4.78, 5) is 4.70. The highest BCUT2D eigenvalue weighted by Gasteiger charge is 2.48. The number of aliphatic imine (C=N–C) groups is 1. The highest BCUT2D eigenvalue weighted by Crippen LogP contribution is 2.44. The number of hydrogen-bond donors (Lipinski definition) is 0. The van der Waals surface area contributed by atoms with E-state index < -0.39 is 0 Å². The summed E-state index contributed by atoms with van der Waals surface area (Å²) in [5.74, 6) is 1.07. The third kappa shape index (κ3) is 1.52. The molecular weight excluding hydrogens is 170 g/mol. The van der Waals surface area contributed by atoms with Crippen molar-refractivity contribution in [2.45, 2.75) is 37.2 Å². The number of thioether (sulfide) groups is 1. The minimum Gasteiger partial charge on any atom is -0.370 e. The summed E-state index contributed by atoms with van der Waals surface area (Å²) in [7, 11) is 0. The minimum atomic E-state index is 0.121. The fourth-order valence-corrected chi connectivity index (χ4v) is 2.82. The Balaban J connectivity index is 1.96. The molecule has 0 N–H and O–H groups in total. The first-order valence-electron chi connectivity index (χ1n) is 4.66. The van der Waals surface area contributed by atoms with Crippen LogP contribution in [0.4, 0.5) is 0 Å². The molecule has 0 aromatic rings. The van der Waals surface area contributed by atoms with Crippen LogP contribution in [0.3, 0.4) is 0 Å². The van der Waals surface area contributed by atoms with E-state index in [1.807, 2.05) is 18.0 Å². The van der Waals surface area contributed by atoms with Gasteiger partial charge in [0.05, 0.1) is 6.61 Å². The van der Waals surface area contributed by atoms with Crippen LogP contribution in [0.2, 0.25) is 0 Å². The lowest BCUT2D eigenvalue weighted by molar-refractivity contribution is 0.345. The summed E-state index contributed by atoms with van der Waals surface area (Å²) in [5, 5.41) is 0. The van der Waals surface area contributed by atoms with Gasteiger partial charge in [0.1, 0.15) is 11.0 Å². The van der Waals surface area contributed by atoms with E-state index in [4.69, 9.17) is 4.74 Å². The molecule has 12 heavy (non-hydrogen) atoms. The predicted octanol–water partition coefficient (Wildman–Crippen LogP) is 2.09. The van der Waals surface area contributed by atoms with Crippen LogP contribution in [0, 0.1) is 0 Å². The fraction of sp³-hybridized carbons (Fsp3) is 0.889. The van der Waals surface area contributed by atoms with Gasteiger partial charge in [-0.2, -0.15) is 0 Å². The van der Waals surface area contributed by atoms with Gasteiger partial charge in [-0.3, -0.25) is 4.99 Å². The zero-order valence-corrected chi connectivity index (χ0v) is 8.27. The zero-order valence-electron chi connectivity index (χ0n) is 7.45. The quantitative estimate of drug-likeness (QED) is 0.626. The van der Waals surface area contributed by atoms with Gasteiger partial charge < -0.3 is 4.74 Å². The van der Waals surface area contributed by atoms with E-state index in [0.29, 0.717) is 6.10 Å². The van der Waals surface area contributed by atoms with Crippen molar-refractivity contribution >= 4 is 18.0 Å². The van der Waals surface area contributed by atoms with Gasteiger partial charge in [0.2, 0.25) is 0 Å². The monoisotopic (exact) mass is 185 g/mol. The highest BCUT2D eigenvalue weighted by atomic mass is 32.2. The van der Waals surface area contributed by atoms with Crippen molar-refractivity contribution in [2.75, 3.05) is 12.4 Å². The summed E-state index contributed by atoms with van der Waals surface area (Å²) in [5.41, 5.74) is 0. The van der Waals surface area contributed by atoms with Crippen molar-refractivity contribution in [1.29, 1.82) is 0 Å². The molecule has 0 amide bonds. The molecular formula is C9H15NOS. The molecule has 2 unspecified atom stereocenters. The summed E-state index contributed by atoms with van der Waals surface area (Å²) < 4.78 is 5.36. The second kappa shape index (κ2) is 3.38. The predicted molar refractivity (Wildman–Crippen MR) is 52.9 cm³/mol. The fourth-order valence-electron chi connectivity index (χ4n) is 1.62. The van der Waals surface area contributed by atoms with Gasteiger partial charge in [0.15, 0.2) is 0 Å². The van der Waals surface area contributed by atoms with Crippen molar-refractivity contribution in [1.82, 2.24) is 0 Å². The minimum absolute atomic E-state index is 0.121. The van der Waals surface area contributed by atoms with Gasteiger partial charge in [0, 0.05) is 12.0 Å². The van der Waals surface area contributed by atoms with E-state index in [-0.39, 0.29) is 4.87 Å². The van der Waals surface area contributed by atoms with Gasteiger partial charge in [-0.25, -0.2) is 0 Å². The highest BCUT2D eigenvalue weighted by molar-refractivity contribution is 8.01. The van der Waals surface area contributed by atoms with Crippen LogP contribution >= 0.6 is 11.8 Å². The molecule has 0 aliphatic carbocycles. The molecule has 0 radical (unpaired) electrons. The third-order valence-corrected chi connectivity index (χ3v) is 3.83. The Hall–Kier alpha value is -0.0200. The van der Waals surface area contributed by atoms with Crippen LogP contribution in [-0.4, -0.2) is 29.5 Å². The van der Waals surface area contributed by atoms with E-state index in [9.17, 15) is 0 Å². The van der Waals surface area contributed by atoms with E-state index in [1.54, 1.807) is 0 Å². The van der Waals surface area contributed by atoms with Crippen molar-refractivity contribution in [3.05, 3.63) is 0 Å². The normalized spacial score (nSPS) is 38.9. The number of hydrogen-bond acceptors (Lipinski definition) is 3. The van der Waals surface area contributed by atoms with Crippen molar-refractivity contribution in [2.24, 2.45) is 4.99 Å². The number of epoxide rings is 1. The van der Waals surface area contributed by atoms with Crippen LogP contribution < -0.4 is 0 Å². The van der Waals surface area contributed by atoms with Gasteiger partial charge >= 0.3 is 0 Å². The first-order chi connectivity index (χ1) is 5.87. The summed E-state index contributed by atoms with van der Waals surface area (Å²) >= 11 is 1.95. The largest absolute Gasteiger partial charge is 0.370 e. The molecule has 2 heterocycles. The molecule has 0 aromatic carbocycles. The molecule has 1 fully saturated rings. The number of nitrogens with zero attached hydrogens (tertiary/aromatic N) is 1. The second-order valence-corrected chi connectivity index (χ2v) is 4.72. The van der Waals surface area contributed by atoms with Crippen LogP contribution in [-0.2, 0) is 4.74 Å². The molecule has 2 rings (SSSR count). The molecule has 0 spiro atoms. The lowest BCUT2D eigenvalue weighted by Crippen LogP contribution is -2.26. The smallest absolute Gasteiger partial charge is 0.134 e. The van der Waals surface area contributed by atoms with Crippen LogP contribution in [0.5, 0.6) is 0 Å². The number of unbranched alkanes of at least 4 members (excludes halogenated alkanes) is 1. The van der Waals surface area contributed by atoms with Gasteiger partial charge in [0.25, 0.3) is 0 Å². The molecule has 0 bridgehead atoms. The average molecular weight is 185 g/mol. The topological polar surface area (TPSA) is 24.9 Å². The lowest BCUT2D eigenvalue weighted by Gasteiger charge is -2.22. The molecule has 68 valence electrons. The maximum absolute atomic E-state index is 5.36. The zero-order chi connectivity index (χ0) is 8.44. The van der Waals surface area contributed by atoms with E-state index in [1.165, 1.54) is 19.3 Å². The van der Waals surface area contributed by atoms with Gasteiger partial charge in [-0.15, -0.1) is 11.8 Å². The van der Waals surface area contributed by atoms with Crippen molar-refractivity contribution in [3.63, 3.8) is 0 Å². The van der Waals surface area contributed by atoms with Crippen LogP contribution in [0.15, 0.2) is 4.99 Å². The Morgan fingerprint density at radius 1 is 1.75 bits per heavy atom. The Bertz CT molecular complexity index is 191. The molecule has 1 saturated heterocycles.